The Kier molecular flexibility index (Phi) is 1.92. The molecule has 1 aromatic rings. The fraction of sp³-hybridized carbons (Fsp3) is 0.167. The molecule has 2 heteroatoms. The Morgan fingerprint density at radius 2 is 2.62 bits per heavy atom. The topological polar surface area (TPSA) is 12.9 Å². The van der Waals surface area contributed by atoms with Gasteiger partial charge < -0.3 is 0 Å². The molecular formula is C6H6NS. The van der Waals surface area contributed by atoms with Gasteiger partial charge >= 0.3 is 0 Å². The summed E-state index contributed by atoms with van der Waals surface area (Å²) in [6.07, 6.45) is 4.49. The predicted molar refractivity (Wildman–Crippen MR) is 35.8 cm³/mol. The average molecular weight is 124 g/mol. The highest BCUT2D eigenvalue weighted by molar-refractivity contribution is 7.79. The molecule has 1 aromatic heterocycles. The van der Waals surface area contributed by atoms with Gasteiger partial charge in [-0.15, -0.1) is 0 Å². The summed E-state index contributed by atoms with van der Waals surface area (Å²) in [6.45, 7) is 0. The number of pyridine rings is 1. The molecule has 0 saturated heterocycles. The number of rotatable bonds is 1. The maximum atomic E-state index is 4.04. The quantitative estimate of drug-likeness (QED) is 0.557. The average Bonchev–Trinajstić information content (AvgIpc) is 1.90. The fourth-order valence-electron chi connectivity index (χ4n) is 0.448. The SMILES string of the molecule is SCc1[c]nccc1. The van der Waals surface area contributed by atoms with Gasteiger partial charge in [0.05, 0.1) is 6.20 Å². The molecule has 1 nitrogen and oxygen atoms in total. The summed E-state index contributed by atoms with van der Waals surface area (Å²) in [7, 11) is 0. The van der Waals surface area contributed by atoms with Crippen molar-refractivity contribution in [1.82, 2.24) is 4.98 Å². The van der Waals surface area contributed by atoms with Crippen LogP contribution in [0.25, 0.3) is 0 Å². The molecule has 0 fully saturated rings. The van der Waals surface area contributed by atoms with Crippen LogP contribution in [-0.2, 0) is 5.75 Å². The Morgan fingerprint density at radius 3 is 3.00 bits per heavy atom. The van der Waals surface area contributed by atoms with Crippen molar-refractivity contribution in [3.8, 4) is 0 Å². The third-order valence-electron chi connectivity index (χ3n) is 0.837. The second-order valence-corrected chi connectivity index (χ2v) is 1.75. The molecule has 0 spiro atoms. The molecule has 0 aliphatic carbocycles. The van der Waals surface area contributed by atoms with E-state index in [1.165, 1.54) is 0 Å². The van der Waals surface area contributed by atoms with Crippen LogP contribution in [0.3, 0.4) is 0 Å². The van der Waals surface area contributed by atoms with Gasteiger partial charge in [-0.25, -0.2) is 0 Å². The number of aromatic nitrogens is 1. The van der Waals surface area contributed by atoms with Crippen LogP contribution in [0.2, 0.25) is 0 Å². The third kappa shape index (κ3) is 1.23. The van der Waals surface area contributed by atoms with E-state index in [9.17, 15) is 0 Å². The van der Waals surface area contributed by atoms with Gasteiger partial charge in [0.15, 0.2) is 0 Å². The van der Waals surface area contributed by atoms with Gasteiger partial charge in [0.25, 0.3) is 0 Å². The summed E-state index contributed by atoms with van der Waals surface area (Å²) < 4.78 is 0. The molecule has 0 amide bonds. The summed E-state index contributed by atoms with van der Waals surface area (Å²) in [4.78, 5) is 3.78. The van der Waals surface area contributed by atoms with Crippen molar-refractivity contribution in [2.24, 2.45) is 0 Å². The van der Waals surface area contributed by atoms with Crippen LogP contribution in [0.5, 0.6) is 0 Å². The van der Waals surface area contributed by atoms with Gasteiger partial charge in [-0.3, -0.25) is 4.98 Å². The first-order valence-electron chi connectivity index (χ1n) is 2.36. The van der Waals surface area contributed by atoms with Gasteiger partial charge in [0.1, 0.15) is 0 Å². The second kappa shape index (κ2) is 2.72. The molecule has 1 rings (SSSR count). The molecule has 0 aliphatic heterocycles. The van der Waals surface area contributed by atoms with Crippen molar-refractivity contribution in [3.63, 3.8) is 0 Å². The fourth-order valence-corrected chi connectivity index (χ4v) is 0.624. The van der Waals surface area contributed by atoms with E-state index in [2.05, 4.69) is 23.8 Å². The maximum Gasteiger partial charge on any atom is 0.0929 e. The lowest BCUT2D eigenvalue weighted by molar-refractivity contribution is 1.24. The van der Waals surface area contributed by atoms with Gasteiger partial charge in [0.2, 0.25) is 0 Å². The molecular weight excluding hydrogens is 118 g/mol. The Bertz CT molecular complexity index is 150. The first kappa shape index (κ1) is 5.63. The zero-order valence-electron chi connectivity index (χ0n) is 4.33. The van der Waals surface area contributed by atoms with Gasteiger partial charge in [-0.05, 0) is 11.6 Å². The smallest absolute Gasteiger partial charge is 0.0929 e. The van der Waals surface area contributed by atoms with Crippen LogP contribution in [0, 0.1) is 6.20 Å². The van der Waals surface area contributed by atoms with Crippen molar-refractivity contribution in [2.75, 3.05) is 0 Å². The van der Waals surface area contributed by atoms with Crippen LogP contribution in [-0.4, -0.2) is 4.98 Å². The van der Waals surface area contributed by atoms with E-state index in [-0.39, 0.29) is 0 Å². The number of hydrogen-bond acceptors (Lipinski definition) is 2. The molecule has 0 aliphatic rings. The standard InChI is InChI=1S/C6H6NS/c8-5-6-2-1-3-7-4-6/h1-3,8H,5H2. The van der Waals surface area contributed by atoms with Gasteiger partial charge in [-0.2, -0.15) is 12.6 Å². The van der Waals surface area contributed by atoms with Crippen molar-refractivity contribution >= 4 is 12.6 Å². The van der Waals surface area contributed by atoms with E-state index in [0.717, 1.165) is 5.56 Å². The molecule has 0 atom stereocenters. The molecule has 1 heterocycles. The van der Waals surface area contributed by atoms with E-state index >= 15 is 0 Å². The largest absolute Gasteiger partial charge is 0.254 e. The van der Waals surface area contributed by atoms with Crippen LogP contribution in [0.1, 0.15) is 5.56 Å². The minimum Gasteiger partial charge on any atom is -0.254 e. The monoisotopic (exact) mass is 124 g/mol. The maximum absolute atomic E-state index is 4.04. The molecule has 8 heavy (non-hydrogen) atoms. The Balaban J connectivity index is 2.83. The first-order valence-corrected chi connectivity index (χ1v) is 2.99. The summed E-state index contributed by atoms with van der Waals surface area (Å²) in [5.41, 5.74) is 1.04. The summed E-state index contributed by atoms with van der Waals surface area (Å²) in [5, 5.41) is 0. The highest BCUT2D eigenvalue weighted by Crippen LogP contribution is 1.96. The summed E-state index contributed by atoms with van der Waals surface area (Å²) in [5.74, 6) is 0.716. The molecule has 1 radical (unpaired) electrons. The molecule has 0 aromatic carbocycles. The number of nitrogens with zero attached hydrogens (tertiary/aromatic N) is 1. The Morgan fingerprint density at radius 1 is 1.75 bits per heavy atom. The van der Waals surface area contributed by atoms with Crippen molar-refractivity contribution in [2.45, 2.75) is 5.75 Å². The van der Waals surface area contributed by atoms with Crippen LogP contribution in [0.4, 0.5) is 0 Å². The lowest BCUT2D eigenvalue weighted by atomic mass is 10.3. The lowest BCUT2D eigenvalue weighted by Gasteiger charge is -1.87. The highest BCUT2D eigenvalue weighted by Gasteiger charge is 1.82. The third-order valence-corrected chi connectivity index (χ3v) is 1.18. The highest BCUT2D eigenvalue weighted by atomic mass is 32.1. The van der Waals surface area contributed by atoms with E-state index in [1.807, 2.05) is 12.1 Å². The lowest BCUT2D eigenvalue weighted by Crippen LogP contribution is -1.77. The van der Waals surface area contributed by atoms with Crippen LogP contribution in [0.15, 0.2) is 18.3 Å². The Labute approximate surface area is 54.2 Å². The molecule has 41 valence electrons. The van der Waals surface area contributed by atoms with Gasteiger partial charge in [0, 0.05) is 11.9 Å². The predicted octanol–water partition coefficient (Wildman–Crippen LogP) is 1.31. The normalized spacial score (nSPS) is 9.12. The zero-order chi connectivity index (χ0) is 5.82. The van der Waals surface area contributed by atoms with Crippen molar-refractivity contribution in [1.29, 1.82) is 0 Å². The summed E-state index contributed by atoms with van der Waals surface area (Å²) in [6, 6.07) is 3.82. The van der Waals surface area contributed by atoms with E-state index in [0.29, 0.717) is 5.75 Å². The minimum atomic E-state index is 0.716. The zero-order valence-corrected chi connectivity index (χ0v) is 5.23. The number of thiol groups is 1. The second-order valence-electron chi connectivity index (χ2n) is 1.43. The molecule has 0 N–H and O–H groups in total. The number of hydrogen-bond donors (Lipinski definition) is 1. The van der Waals surface area contributed by atoms with Crippen LogP contribution < -0.4 is 0 Å². The van der Waals surface area contributed by atoms with E-state index < -0.39 is 0 Å². The van der Waals surface area contributed by atoms with E-state index in [4.69, 9.17) is 0 Å². The minimum absolute atomic E-state index is 0.716. The van der Waals surface area contributed by atoms with Crippen molar-refractivity contribution < 1.29 is 0 Å². The first-order chi connectivity index (χ1) is 3.93. The van der Waals surface area contributed by atoms with E-state index in [1.54, 1.807) is 6.20 Å². The van der Waals surface area contributed by atoms with Crippen LogP contribution >= 0.6 is 12.6 Å². The van der Waals surface area contributed by atoms with Crippen molar-refractivity contribution in [3.05, 3.63) is 30.1 Å². The molecule has 0 saturated carbocycles. The molecule has 0 bridgehead atoms. The Hall–Kier alpha value is -0.500. The summed E-state index contributed by atoms with van der Waals surface area (Å²) >= 11 is 4.04. The van der Waals surface area contributed by atoms with Gasteiger partial charge in [-0.1, -0.05) is 6.07 Å². The molecule has 0 unspecified atom stereocenters.